The lowest BCUT2D eigenvalue weighted by molar-refractivity contribution is -0.116. The van der Waals surface area contributed by atoms with Crippen LogP contribution in [0.2, 0.25) is 0 Å². The van der Waals surface area contributed by atoms with E-state index in [0.29, 0.717) is 18.2 Å². The highest BCUT2D eigenvalue weighted by Crippen LogP contribution is 2.22. The van der Waals surface area contributed by atoms with Crippen LogP contribution in [0.5, 0.6) is 0 Å². The zero-order valence-corrected chi connectivity index (χ0v) is 12.8. The lowest BCUT2D eigenvalue weighted by atomic mass is 9.92. The fourth-order valence-corrected chi connectivity index (χ4v) is 2.48. The van der Waals surface area contributed by atoms with Gasteiger partial charge in [0.1, 0.15) is 0 Å². The first-order chi connectivity index (χ1) is 9.45. The fraction of sp³-hybridized carbons (Fsp3) is 0.733. The number of aromatic nitrogens is 2. The van der Waals surface area contributed by atoms with Crippen LogP contribution in [0.15, 0.2) is 6.07 Å². The molecule has 2 rings (SSSR count). The van der Waals surface area contributed by atoms with Gasteiger partial charge in [-0.05, 0) is 38.3 Å². The summed E-state index contributed by atoms with van der Waals surface area (Å²) in [6.45, 7) is 8.50. The minimum Gasteiger partial charge on any atom is -0.316 e. The molecule has 112 valence electrons. The number of carbonyl (C=O) groups is 1. The van der Waals surface area contributed by atoms with Crippen molar-refractivity contribution in [3.63, 3.8) is 0 Å². The standard InChI is InChI=1S/C15H26N4O/c1-15(2,3)12-9-13(19-18-12)17-14(20)7-6-11-5-4-8-16-10-11/h9,11,16H,4-8,10H2,1-3H3,(H2,17,18,19,20). The summed E-state index contributed by atoms with van der Waals surface area (Å²) in [5.74, 6) is 1.32. The molecule has 1 aromatic heterocycles. The van der Waals surface area contributed by atoms with Crippen LogP contribution in [-0.4, -0.2) is 29.2 Å². The largest absolute Gasteiger partial charge is 0.316 e. The molecule has 1 unspecified atom stereocenters. The van der Waals surface area contributed by atoms with E-state index in [0.717, 1.165) is 25.2 Å². The molecule has 0 aromatic carbocycles. The summed E-state index contributed by atoms with van der Waals surface area (Å²) in [6.07, 6.45) is 3.98. The van der Waals surface area contributed by atoms with Gasteiger partial charge in [0.2, 0.25) is 5.91 Å². The second-order valence-corrected chi connectivity index (χ2v) is 6.72. The van der Waals surface area contributed by atoms with Gasteiger partial charge in [0, 0.05) is 23.6 Å². The van der Waals surface area contributed by atoms with E-state index in [4.69, 9.17) is 0 Å². The first-order valence-electron chi connectivity index (χ1n) is 7.51. The highest BCUT2D eigenvalue weighted by Gasteiger charge is 2.18. The summed E-state index contributed by atoms with van der Waals surface area (Å²) in [6, 6.07) is 1.92. The molecule has 2 heterocycles. The van der Waals surface area contributed by atoms with Crippen LogP contribution in [0.4, 0.5) is 5.82 Å². The number of amides is 1. The van der Waals surface area contributed by atoms with Crippen LogP contribution >= 0.6 is 0 Å². The van der Waals surface area contributed by atoms with Gasteiger partial charge in [-0.3, -0.25) is 9.89 Å². The Hall–Kier alpha value is -1.36. The Bertz CT molecular complexity index is 441. The Kier molecular flexibility index (Phi) is 4.81. The molecule has 5 heteroatoms. The van der Waals surface area contributed by atoms with Crippen molar-refractivity contribution in [2.24, 2.45) is 5.92 Å². The zero-order valence-electron chi connectivity index (χ0n) is 12.8. The predicted molar refractivity (Wildman–Crippen MR) is 80.7 cm³/mol. The number of nitrogens with one attached hydrogen (secondary N) is 3. The Labute approximate surface area is 120 Å². The number of piperidine rings is 1. The lowest BCUT2D eigenvalue weighted by Gasteiger charge is -2.22. The van der Waals surface area contributed by atoms with Gasteiger partial charge in [-0.1, -0.05) is 20.8 Å². The molecule has 3 N–H and O–H groups in total. The molecular weight excluding hydrogens is 252 g/mol. The van der Waals surface area contributed by atoms with Crippen molar-refractivity contribution in [2.75, 3.05) is 18.4 Å². The van der Waals surface area contributed by atoms with Gasteiger partial charge in [-0.15, -0.1) is 0 Å². The summed E-state index contributed by atoms with van der Waals surface area (Å²) >= 11 is 0. The van der Waals surface area contributed by atoms with Crippen molar-refractivity contribution >= 4 is 11.7 Å². The van der Waals surface area contributed by atoms with Gasteiger partial charge in [0.25, 0.3) is 0 Å². The molecule has 0 aliphatic carbocycles. The average molecular weight is 278 g/mol. The summed E-state index contributed by atoms with van der Waals surface area (Å²) < 4.78 is 0. The van der Waals surface area contributed by atoms with E-state index in [1.165, 1.54) is 12.8 Å². The SMILES string of the molecule is CC(C)(C)c1cc(NC(=O)CCC2CCCNC2)n[nH]1. The van der Waals surface area contributed by atoms with E-state index < -0.39 is 0 Å². The molecule has 1 atom stereocenters. The van der Waals surface area contributed by atoms with Crippen molar-refractivity contribution in [3.8, 4) is 0 Å². The zero-order chi connectivity index (χ0) is 14.6. The molecule has 1 fully saturated rings. The van der Waals surface area contributed by atoms with Gasteiger partial charge >= 0.3 is 0 Å². The maximum atomic E-state index is 11.9. The number of anilines is 1. The van der Waals surface area contributed by atoms with E-state index in [-0.39, 0.29) is 11.3 Å². The number of nitrogens with zero attached hydrogens (tertiary/aromatic N) is 1. The topological polar surface area (TPSA) is 69.8 Å². The summed E-state index contributed by atoms with van der Waals surface area (Å²) in [5, 5.41) is 13.4. The normalized spacial score (nSPS) is 19.9. The number of hydrogen-bond acceptors (Lipinski definition) is 3. The van der Waals surface area contributed by atoms with Crippen LogP contribution in [0, 0.1) is 5.92 Å². The highest BCUT2D eigenvalue weighted by molar-refractivity contribution is 5.89. The molecule has 1 aliphatic rings. The van der Waals surface area contributed by atoms with Gasteiger partial charge < -0.3 is 10.6 Å². The van der Waals surface area contributed by atoms with Crippen molar-refractivity contribution < 1.29 is 4.79 Å². The highest BCUT2D eigenvalue weighted by atomic mass is 16.1. The quantitative estimate of drug-likeness (QED) is 0.792. The molecule has 1 saturated heterocycles. The average Bonchev–Trinajstić information content (AvgIpc) is 2.86. The molecule has 0 radical (unpaired) electrons. The van der Waals surface area contributed by atoms with Crippen molar-refractivity contribution in [1.29, 1.82) is 0 Å². The van der Waals surface area contributed by atoms with Gasteiger partial charge in [-0.2, -0.15) is 5.10 Å². The maximum absolute atomic E-state index is 11.9. The fourth-order valence-electron chi connectivity index (χ4n) is 2.48. The molecule has 0 saturated carbocycles. The lowest BCUT2D eigenvalue weighted by Crippen LogP contribution is -2.30. The molecule has 0 bridgehead atoms. The Balaban J connectivity index is 1.77. The third kappa shape index (κ3) is 4.34. The first-order valence-corrected chi connectivity index (χ1v) is 7.51. The third-order valence-corrected chi connectivity index (χ3v) is 3.83. The molecule has 5 nitrogen and oxygen atoms in total. The first kappa shape index (κ1) is 15.0. The Morgan fingerprint density at radius 2 is 2.30 bits per heavy atom. The monoisotopic (exact) mass is 278 g/mol. The smallest absolute Gasteiger partial charge is 0.225 e. The number of carbonyl (C=O) groups excluding carboxylic acids is 1. The summed E-state index contributed by atoms with van der Waals surface area (Å²) in [5.41, 5.74) is 1.05. The van der Waals surface area contributed by atoms with Crippen molar-refractivity contribution in [2.45, 2.75) is 51.9 Å². The van der Waals surface area contributed by atoms with Crippen LogP contribution < -0.4 is 10.6 Å². The summed E-state index contributed by atoms with van der Waals surface area (Å²) in [7, 11) is 0. The molecule has 1 amide bonds. The van der Waals surface area contributed by atoms with Gasteiger partial charge in [0.05, 0.1) is 0 Å². The predicted octanol–water partition coefficient (Wildman–Crippen LogP) is 2.43. The van der Waals surface area contributed by atoms with Gasteiger partial charge in [-0.25, -0.2) is 0 Å². The van der Waals surface area contributed by atoms with E-state index in [9.17, 15) is 4.79 Å². The minimum atomic E-state index is 0.0176. The number of hydrogen-bond donors (Lipinski definition) is 3. The van der Waals surface area contributed by atoms with Crippen LogP contribution in [0.25, 0.3) is 0 Å². The van der Waals surface area contributed by atoms with E-state index in [1.807, 2.05) is 6.07 Å². The van der Waals surface area contributed by atoms with Crippen molar-refractivity contribution in [1.82, 2.24) is 15.5 Å². The van der Waals surface area contributed by atoms with E-state index in [2.05, 4.69) is 41.6 Å². The maximum Gasteiger partial charge on any atom is 0.225 e. The molecule has 20 heavy (non-hydrogen) atoms. The Morgan fingerprint density at radius 3 is 2.90 bits per heavy atom. The van der Waals surface area contributed by atoms with Crippen LogP contribution in [0.3, 0.4) is 0 Å². The molecule has 1 aliphatic heterocycles. The van der Waals surface area contributed by atoms with Crippen molar-refractivity contribution in [3.05, 3.63) is 11.8 Å². The number of aromatic amines is 1. The summed E-state index contributed by atoms with van der Waals surface area (Å²) in [4.78, 5) is 11.9. The second kappa shape index (κ2) is 6.39. The Morgan fingerprint density at radius 1 is 1.50 bits per heavy atom. The minimum absolute atomic E-state index is 0.0176. The molecular formula is C15H26N4O. The van der Waals surface area contributed by atoms with Crippen LogP contribution in [-0.2, 0) is 10.2 Å². The van der Waals surface area contributed by atoms with E-state index in [1.54, 1.807) is 0 Å². The van der Waals surface area contributed by atoms with Gasteiger partial charge in [0.15, 0.2) is 5.82 Å². The van der Waals surface area contributed by atoms with E-state index >= 15 is 0 Å². The second-order valence-electron chi connectivity index (χ2n) is 6.72. The molecule has 1 aromatic rings. The van der Waals surface area contributed by atoms with Crippen LogP contribution in [0.1, 0.15) is 52.1 Å². The number of rotatable bonds is 4. The number of H-pyrrole nitrogens is 1. The molecule has 0 spiro atoms. The third-order valence-electron chi connectivity index (χ3n) is 3.83.